The first kappa shape index (κ1) is 12.2. The molecular weight excluding hydrogens is 228 g/mol. The number of carbonyl (C=O) groups is 1. The van der Waals surface area contributed by atoms with E-state index < -0.39 is 5.97 Å². The molecule has 2 fully saturated rings. The Hall–Kier alpha value is -0.260. The summed E-state index contributed by atoms with van der Waals surface area (Å²) < 4.78 is 11.0. The lowest BCUT2D eigenvalue weighted by Crippen LogP contribution is -2.20. The summed E-state index contributed by atoms with van der Waals surface area (Å²) in [5, 5.41) is 8.64. The molecule has 2 unspecified atom stereocenters. The van der Waals surface area contributed by atoms with Crippen molar-refractivity contribution in [3.63, 3.8) is 0 Å². The topological polar surface area (TPSA) is 55.8 Å². The van der Waals surface area contributed by atoms with Crippen LogP contribution in [0.25, 0.3) is 0 Å². The van der Waals surface area contributed by atoms with Crippen LogP contribution in [-0.4, -0.2) is 41.6 Å². The quantitative estimate of drug-likeness (QED) is 0.818. The van der Waals surface area contributed by atoms with Gasteiger partial charge in [0.15, 0.2) is 6.29 Å². The molecule has 0 bridgehead atoms. The number of rotatable bonds is 4. The lowest BCUT2D eigenvalue weighted by atomic mass is 9.99. The highest BCUT2D eigenvalue weighted by Gasteiger charge is 2.30. The summed E-state index contributed by atoms with van der Waals surface area (Å²) >= 11 is 2.01. The third-order valence-corrected chi connectivity index (χ3v) is 4.13. The fourth-order valence-electron chi connectivity index (χ4n) is 2.19. The van der Waals surface area contributed by atoms with Gasteiger partial charge in [-0.15, -0.1) is 0 Å². The highest BCUT2D eigenvalue weighted by Crippen LogP contribution is 2.29. The van der Waals surface area contributed by atoms with Gasteiger partial charge in [-0.25, -0.2) is 0 Å². The minimum atomic E-state index is -0.816. The van der Waals surface area contributed by atoms with E-state index in [1.807, 2.05) is 11.8 Å². The van der Waals surface area contributed by atoms with Crippen LogP contribution in [0.2, 0.25) is 0 Å². The molecule has 2 aliphatic rings. The van der Waals surface area contributed by atoms with Gasteiger partial charge in [0, 0.05) is 6.42 Å². The Morgan fingerprint density at radius 1 is 1.38 bits per heavy atom. The first-order chi connectivity index (χ1) is 7.74. The number of hydrogen-bond donors (Lipinski definition) is 1. The SMILES string of the molecule is O=C(O)CC1COC(CC2CCSCC2)O1. The first-order valence-electron chi connectivity index (χ1n) is 5.80. The van der Waals surface area contributed by atoms with Crippen LogP contribution >= 0.6 is 11.8 Å². The van der Waals surface area contributed by atoms with E-state index in [1.54, 1.807) is 0 Å². The summed E-state index contributed by atoms with van der Waals surface area (Å²) in [5.41, 5.74) is 0. The van der Waals surface area contributed by atoms with E-state index in [9.17, 15) is 4.79 Å². The molecule has 0 aromatic heterocycles. The molecule has 0 aromatic carbocycles. The van der Waals surface area contributed by atoms with Crippen LogP contribution < -0.4 is 0 Å². The predicted molar refractivity (Wildman–Crippen MR) is 61.5 cm³/mol. The van der Waals surface area contributed by atoms with E-state index in [0.717, 1.165) is 6.42 Å². The van der Waals surface area contributed by atoms with Crippen molar-refractivity contribution in [3.8, 4) is 0 Å². The van der Waals surface area contributed by atoms with Gasteiger partial charge in [0.25, 0.3) is 0 Å². The van der Waals surface area contributed by atoms with E-state index in [-0.39, 0.29) is 18.8 Å². The number of ether oxygens (including phenoxy) is 2. The fraction of sp³-hybridized carbons (Fsp3) is 0.909. The molecule has 0 radical (unpaired) electrons. The molecule has 1 N–H and O–H groups in total. The zero-order valence-electron chi connectivity index (χ0n) is 9.26. The Morgan fingerprint density at radius 2 is 2.12 bits per heavy atom. The Kier molecular flexibility index (Phi) is 4.49. The van der Waals surface area contributed by atoms with Gasteiger partial charge in [0.05, 0.1) is 19.1 Å². The normalized spacial score (nSPS) is 31.8. The monoisotopic (exact) mass is 246 g/mol. The maximum atomic E-state index is 10.5. The van der Waals surface area contributed by atoms with Gasteiger partial charge < -0.3 is 14.6 Å². The Balaban J connectivity index is 1.69. The van der Waals surface area contributed by atoms with Gasteiger partial charge >= 0.3 is 5.97 Å². The molecule has 0 aromatic rings. The van der Waals surface area contributed by atoms with Crippen LogP contribution in [0, 0.1) is 5.92 Å². The summed E-state index contributed by atoms with van der Waals surface area (Å²) in [5.74, 6) is 2.34. The highest BCUT2D eigenvalue weighted by molar-refractivity contribution is 7.99. The van der Waals surface area contributed by atoms with Gasteiger partial charge in [-0.3, -0.25) is 4.79 Å². The number of carboxylic acid groups (broad SMARTS) is 1. The van der Waals surface area contributed by atoms with E-state index >= 15 is 0 Å². The summed E-state index contributed by atoms with van der Waals surface area (Å²) in [7, 11) is 0. The minimum absolute atomic E-state index is 0.0526. The average Bonchev–Trinajstić information content (AvgIpc) is 2.66. The van der Waals surface area contributed by atoms with Crippen LogP contribution in [0.1, 0.15) is 25.7 Å². The van der Waals surface area contributed by atoms with Crippen LogP contribution in [0.5, 0.6) is 0 Å². The zero-order valence-corrected chi connectivity index (χ0v) is 10.1. The molecule has 2 aliphatic heterocycles. The van der Waals surface area contributed by atoms with Crippen molar-refractivity contribution < 1.29 is 19.4 Å². The molecule has 16 heavy (non-hydrogen) atoms. The van der Waals surface area contributed by atoms with Crippen molar-refractivity contribution in [1.29, 1.82) is 0 Å². The van der Waals surface area contributed by atoms with Crippen molar-refractivity contribution in [2.45, 2.75) is 38.1 Å². The van der Waals surface area contributed by atoms with Crippen molar-refractivity contribution in [2.75, 3.05) is 18.1 Å². The van der Waals surface area contributed by atoms with E-state index in [0.29, 0.717) is 12.5 Å². The lowest BCUT2D eigenvalue weighted by molar-refractivity contribution is -0.140. The highest BCUT2D eigenvalue weighted by atomic mass is 32.2. The van der Waals surface area contributed by atoms with Gasteiger partial charge in [-0.05, 0) is 30.3 Å². The van der Waals surface area contributed by atoms with Crippen LogP contribution in [0.15, 0.2) is 0 Å². The van der Waals surface area contributed by atoms with Crippen molar-refractivity contribution in [2.24, 2.45) is 5.92 Å². The number of carboxylic acids is 1. The molecule has 0 spiro atoms. The standard InChI is InChI=1S/C11H18O4S/c12-10(13)6-9-7-14-11(15-9)5-8-1-3-16-4-2-8/h8-9,11H,1-7H2,(H,12,13). The number of aliphatic carboxylic acids is 1. The molecule has 4 nitrogen and oxygen atoms in total. The molecule has 2 rings (SSSR count). The van der Waals surface area contributed by atoms with Crippen molar-refractivity contribution in [1.82, 2.24) is 0 Å². The molecule has 92 valence electrons. The molecular formula is C11H18O4S. The predicted octanol–water partition coefficient (Wildman–Crippen LogP) is 1.74. The Morgan fingerprint density at radius 3 is 2.81 bits per heavy atom. The van der Waals surface area contributed by atoms with E-state index in [2.05, 4.69) is 0 Å². The van der Waals surface area contributed by atoms with Crippen molar-refractivity contribution in [3.05, 3.63) is 0 Å². The van der Waals surface area contributed by atoms with Crippen LogP contribution in [0.4, 0.5) is 0 Å². The third-order valence-electron chi connectivity index (χ3n) is 3.08. The maximum absolute atomic E-state index is 10.5. The summed E-state index contributed by atoms with van der Waals surface area (Å²) in [4.78, 5) is 10.5. The van der Waals surface area contributed by atoms with Crippen molar-refractivity contribution >= 4 is 17.7 Å². The molecule has 2 atom stereocenters. The van der Waals surface area contributed by atoms with Gasteiger partial charge in [0.1, 0.15) is 0 Å². The van der Waals surface area contributed by atoms with Crippen LogP contribution in [0.3, 0.4) is 0 Å². The second kappa shape index (κ2) is 5.89. The van der Waals surface area contributed by atoms with E-state index in [1.165, 1.54) is 24.3 Å². The first-order valence-corrected chi connectivity index (χ1v) is 6.96. The molecule has 2 saturated heterocycles. The maximum Gasteiger partial charge on any atom is 0.306 e. The second-order valence-corrected chi connectivity index (χ2v) is 5.64. The summed E-state index contributed by atoms with van der Waals surface area (Å²) in [6, 6.07) is 0. The molecule has 0 amide bonds. The minimum Gasteiger partial charge on any atom is -0.481 e. The smallest absolute Gasteiger partial charge is 0.306 e. The molecule has 0 aliphatic carbocycles. The van der Waals surface area contributed by atoms with Gasteiger partial charge in [-0.1, -0.05) is 0 Å². The summed E-state index contributed by atoms with van der Waals surface area (Å²) in [6.45, 7) is 0.429. The fourth-order valence-corrected chi connectivity index (χ4v) is 3.39. The van der Waals surface area contributed by atoms with Crippen LogP contribution in [-0.2, 0) is 14.3 Å². The number of hydrogen-bond acceptors (Lipinski definition) is 4. The largest absolute Gasteiger partial charge is 0.481 e. The molecule has 2 heterocycles. The molecule has 0 saturated carbocycles. The Labute approximate surface area is 99.7 Å². The lowest BCUT2D eigenvalue weighted by Gasteiger charge is -2.23. The van der Waals surface area contributed by atoms with Gasteiger partial charge in [-0.2, -0.15) is 11.8 Å². The third kappa shape index (κ3) is 3.64. The molecule has 5 heteroatoms. The van der Waals surface area contributed by atoms with Gasteiger partial charge in [0.2, 0.25) is 0 Å². The Bertz CT molecular complexity index is 240. The average molecular weight is 246 g/mol. The number of thioether (sulfide) groups is 1. The second-order valence-electron chi connectivity index (χ2n) is 4.41. The van der Waals surface area contributed by atoms with E-state index in [4.69, 9.17) is 14.6 Å². The zero-order chi connectivity index (χ0) is 11.4. The summed E-state index contributed by atoms with van der Waals surface area (Å²) in [6.07, 6.45) is 3.03.